The van der Waals surface area contributed by atoms with Gasteiger partial charge < -0.3 is 23.8 Å². The van der Waals surface area contributed by atoms with Gasteiger partial charge in [0.15, 0.2) is 18.1 Å². The zero-order valence-corrected chi connectivity index (χ0v) is 21.4. The highest BCUT2D eigenvalue weighted by Crippen LogP contribution is 2.54. The first kappa shape index (κ1) is 23.5. The van der Waals surface area contributed by atoms with Crippen LogP contribution < -0.4 is 19.1 Å². The van der Waals surface area contributed by atoms with Crippen LogP contribution in [0, 0.1) is 0 Å². The van der Waals surface area contributed by atoms with Crippen molar-refractivity contribution >= 4 is 21.7 Å². The second-order valence-corrected chi connectivity index (χ2v) is 11.9. The van der Waals surface area contributed by atoms with Gasteiger partial charge in [0.2, 0.25) is 10.0 Å². The van der Waals surface area contributed by atoms with Crippen LogP contribution in [0.25, 0.3) is 0 Å². The van der Waals surface area contributed by atoms with Crippen LogP contribution in [0.1, 0.15) is 16.7 Å². The Bertz CT molecular complexity index is 1550. The van der Waals surface area contributed by atoms with Crippen LogP contribution in [-0.2, 0) is 31.5 Å². The molecule has 1 unspecified atom stereocenters. The topological polar surface area (TPSA) is 94.6 Å². The van der Waals surface area contributed by atoms with E-state index in [9.17, 15) is 13.2 Å². The van der Waals surface area contributed by atoms with Gasteiger partial charge in [-0.2, -0.15) is 4.31 Å². The van der Waals surface area contributed by atoms with Crippen LogP contribution in [0.3, 0.4) is 0 Å². The molecule has 7 rings (SSSR count). The lowest BCUT2D eigenvalue weighted by Crippen LogP contribution is -2.40. The molecule has 3 aromatic rings. The molecule has 0 bridgehead atoms. The maximum atomic E-state index is 13.3. The Morgan fingerprint density at radius 1 is 0.868 bits per heavy atom. The number of morpholine rings is 1. The Kier molecular flexibility index (Phi) is 5.40. The van der Waals surface area contributed by atoms with Gasteiger partial charge in [-0.15, -0.1) is 0 Å². The largest absolute Gasteiger partial charge is 0.492 e. The predicted molar refractivity (Wildman–Crippen MR) is 137 cm³/mol. The van der Waals surface area contributed by atoms with Gasteiger partial charge in [-0.1, -0.05) is 30.3 Å². The fourth-order valence-electron chi connectivity index (χ4n) is 5.90. The number of hydrogen-bond acceptors (Lipinski definition) is 8. The van der Waals surface area contributed by atoms with Gasteiger partial charge in [0, 0.05) is 43.5 Å². The Morgan fingerprint density at radius 3 is 2.58 bits per heavy atom. The molecule has 3 aromatic carbocycles. The highest BCUT2D eigenvalue weighted by atomic mass is 32.2. The van der Waals surface area contributed by atoms with E-state index in [0.29, 0.717) is 62.4 Å². The summed E-state index contributed by atoms with van der Waals surface area (Å²) in [5.41, 5.74) is 3.59. The molecule has 1 atom stereocenters. The van der Waals surface area contributed by atoms with Gasteiger partial charge in [0.05, 0.1) is 23.5 Å². The van der Waals surface area contributed by atoms with Gasteiger partial charge >= 0.3 is 5.97 Å². The van der Waals surface area contributed by atoms with Crippen molar-refractivity contribution in [3.05, 3.63) is 77.4 Å². The number of fused-ring (bicyclic) bond motifs is 5. The van der Waals surface area contributed by atoms with E-state index < -0.39 is 21.4 Å². The summed E-state index contributed by atoms with van der Waals surface area (Å²) in [5.74, 6) is 1.20. The molecule has 0 radical (unpaired) electrons. The molecule has 196 valence electrons. The standard InChI is InChI=1S/C28H26N2O7S/c31-27-16-35-25-14-24-22(13-26(25)37-27)28(18-36-24)17-29(23-7-2-1-6-21(23)28)15-19-4-3-5-20(12-19)38(32,33)30-8-10-34-11-9-30/h1-7,12-14H,8-11,15-18H2. The van der Waals surface area contributed by atoms with E-state index >= 15 is 0 Å². The molecule has 1 saturated heterocycles. The van der Waals surface area contributed by atoms with Crippen LogP contribution in [0.15, 0.2) is 65.6 Å². The van der Waals surface area contributed by atoms with Gasteiger partial charge in [-0.25, -0.2) is 13.2 Å². The molecule has 4 aliphatic heterocycles. The molecule has 0 amide bonds. The van der Waals surface area contributed by atoms with Crippen molar-refractivity contribution in [2.45, 2.75) is 16.9 Å². The zero-order valence-electron chi connectivity index (χ0n) is 20.6. The number of sulfonamides is 1. The smallest absolute Gasteiger partial charge is 0.349 e. The molecule has 1 fully saturated rings. The summed E-state index contributed by atoms with van der Waals surface area (Å²) in [6, 6.07) is 19.1. The lowest BCUT2D eigenvalue weighted by atomic mass is 9.77. The first-order valence-electron chi connectivity index (χ1n) is 12.6. The Labute approximate surface area is 220 Å². The molecule has 10 heteroatoms. The predicted octanol–water partition coefficient (Wildman–Crippen LogP) is 2.70. The van der Waals surface area contributed by atoms with Crippen LogP contribution in [-0.4, -0.2) is 64.8 Å². The maximum absolute atomic E-state index is 13.3. The third-order valence-electron chi connectivity index (χ3n) is 7.71. The Hall–Kier alpha value is -3.60. The highest BCUT2D eigenvalue weighted by Gasteiger charge is 2.50. The van der Waals surface area contributed by atoms with Crippen molar-refractivity contribution in [1.29, 1.82) is 0 Å². The summed E-state index contributed by atoms with van der Waals surface area (Å²) in [5, 5.41) is 0. The molecule has 0 aromatic heterocycles. The lowest BCUT2D eigenvalue weighted by Gasteiger charge is -2.27. The van der Waals surface area contributed by atoms with Gasteiger partial charge in [0.1, 0.15) is 12.4 Å². The summed E-state index contributed by atoms with van der Waals surface area (Å²) in [7, 11) is -3.59. The van der Waals surface area contributed by atoms with Crippen LogP contribution in [0.4, 0.5) is 5.69 Å². The quantitative estimate of drug-likeness (QED) is 0.373. The number of esters is 1. The number of carbonyl (C=O) groups excluding carboxylic acids is 1. The van der Waals surface area contributed by atoms with E-state index in [-0.39, 0.29) is 6.61 Å². The molecule has 1 spiro atoms. The number of anilines is 1. The van der Waals surface area contributed by atoms with Crippen molar-refractivity contribution in [1.82, 2.24) is 4.31 Å². The third-order valence-corrected chi connectivity index (χ3v) is 9.60. The minimum atomic E-state index is -3.59. The highest BCUT2D eigenvalue weighted by molar-refractivity contribution is 7.89. The third kappa shape index (κ3) is 3.66. The maximum Gasteiger partial charge on any atom is 0.349 e. The van der Waals surface area contributed by atoms with Crippen LogP contribution >= 0.6 is 0 Å². The number of ether oxygens (including phenoxy) is 4. The SMILES string of the molecule is O=C1COc2cc3c(cc2O1)C1(CO3)CN(Cc2cccc(S(=O)(=O)N3CCOCC3)c2)c2ccccc21. The molecular weight excluding hydrogens is 508 g/mol. The van der Waals surface area contributed by atoms with E-state index in [0.717, 1.165) is 28.1 Å². The summed E-state index contributed by atoms with van der Waals surface area (Å²) in [4.78, 5) is 14.4. The molecule has 4 aliphatic rings. The minimum Gasteiger partial charge on any atom is -0.492 e. The van der Waals surface area contributed by atoms with Crippen molar-refractivity contribution in [3.8, 4) is 17.2 Å². The van der Waals surface area contributed by atoms with Crippen molar-refractivity contribution in [2.75, 3.05) is 51.0 Å². The number of para-hydroxylation sites is 1. The van der Waals surface area contributed by atoms with Crippen LogP contribution in [0.5, 0.6) is 17.2 Å². The molecule has 0 saturated carbocycles. The Morgan fingerprint density at radius 2 is 1.71 bits per heavy atom. The van der Waals surface area contributed by atoms with Gasteiger partial charge in [-0.3, -0.25) is 0 Å². The van der Waals surface area contributed by atoms with E-state index in [2.05, 4.69) is 17.0 Å². The molecule has 4 heterocycles. The first-order chi connectivity index (χ1) is 18.4. The van der Waals surface area contributed by atoms with E-state index in [1.807, 2.05) is 24.3 Å². The minimum absolute atomic E-state index is 0.117. The van der Waals surface area contributed by atoms with Gasteiger partial charge in [-0.05, 0) is 35.4 Å². The van der Waals surface area contributed by atoms with Crippen molar-refractivity contribution in [3.63, 3.8) is 0 Å². The molecule has 0 aliphatic carbocycles. The molecule has 0 N–H and O–H groups in total. The number of benzene rings is 3. The fourth-order valence-corrected chi connectivity index (χ4v) is 7.38. The van der Waals surface area contributed by atoms with Crippen molar-refractivity contribution < 1.29 is 32.2 Å². The Balaban J connectivity index is 1.22. The summed E-state index contributed by atoms with van der Waals surface area (Å²) in [6.45, 7) is 3.02. The molecular formula is C28H26N2O7S. The van der Waals surface area contributed by atoms with E-state index in [4.69, 9.17) is 18.9 Å². The summed E-state index contributed by atoms with van der Waals surface area (Å²) >= 11 is 0. The fraction of sp³-hybridized carbons (Fsp3) is 0.321. The second kappa shape index (κ2) is 8.72. The van der Waals surface area contributed by atoms with E-state index in [1.165, 1.54) is 4.31 Å². The second-order valence-electron chi connectivity index (χ2n) is 9.97. The van der Waals surface area contributed by atoms with Crippen molar-refractivity contribution in [2.24, 2.45) is 0 Å². The average Bonchev–Trinajstić information content (AvgIpc) is 3.45. The molecule has 38 heavy (non-hydrogen) atoms. The average molecular weight is 535 g/mol. The molecule has 9 nitrogen and oxygen atoms in total. The van der Waals surface area contributed by atoms with Crippen LogP contribution in [0.2, 0.25) is 0 Å². The first-order valence-corrected chi connectivity index (χ1v) is 14.0. The number of carbonyl (C=O) groups is 1. The zero-order chi connectivity index (χ0) is 25.9. The van der Waals surface area contributed by atoms with Gasteiger partial charge in [0.25, 0.3) is 0 Å². The number of nitrogens with zero attached hydrogens (tertiary/aromatic N) is 2. The monoisotopic (exact) mass is 534 g/mol. The summed E-state index contributed by atoms with van der Waals surface area (Å²) < 4.78 is 50.5. The normalized spacial score (nSPS) is 22.3. The van der Waals surface area contributed by atoms with E-state index in [1.54, 1.807) is 24.3 Å². The lowest BCUT2D eigenvalue weighted by molar-refractivity contribution is -0.138. The summed E-state index contributed by atoms with van der Waals surface area (Å²) in [6.07, 6.45) is 0. The number of rotatable bonds is 4. The number of hydrogen-bond donors (Lipinski definition) is 0.